The predicted octanol–water partition coefficient (Wildman–Crippen LogP) is 4.35. The molecule has 1 fully saturated rings. The normalized spacial score (nSPS) is 15.2. The van der Waals surface area contributed by atoms with Gasteiger partial charge in [-0.05, 0) is 30.3 Å². The molecular weight excluding hydrogens is 383 g/mol. The highest BCUT2D eigenvalue weighted by atomic mass is 35.5. The zero-order chi connectivity index (χ0) is 18.6. The van der Waals surface area contributed by atoms with Gasteiger partial charge in [0, 0.05) is 42.2 Å². The molecule has 2 heterocycles. The van der Waals surface area contributed by atoms with Crippen molar-refractivity contribution in [3.05, 3.63) is 52.5 Å². The molecule has 0 atom stereocenters. The molecule has 1 aliphatic heterocycles. The van der Waals surface area contributed by atoms with Crippen LogP contribution in [0.5, 0.6) is 0 Å². The van der Waals surface area contributed by atoms with Crippen LogP contribution in [0.25, 0.3) is 22.3 Å². The number of nitrogens with zero attached hydrogens (tertiary/aromatic N) is 3. The van der Waals surface area contributed by atoms with Gasteiger partial charge in [-0.15, -0.1) is 0 Å². The number of nitrogens with one attached hydrogen (secondary N) is 1. The van der Waals surface area contributed by atoms with Gasteiger partial charge in [0.1, 0.15) is 5.82 Å². The minimum absolute atomic E-state index is 0.539. The number of morpholine rings is 1. The van der Waals surface area contributed by atoms with Gasteiger partial charge in [0.15, 0.2) is 5.82 Å². The summed E-state index contributed by atoms with van der Waals surface area (Å²) in [5.74, 6) is 1.40. The molecule has 1 aliphatic rings. The van der Waals surface area contributed by atoms with Crippen molar-refractivity contribution < 1.29 is 4.74 Å². The van der Waals surface area contributed by atoms with Gasteiger partial charge in [-0.3, -0.25) is 4.90 Å². The zero-order valence-electron chi connectivity index (χ0n) is 14.8. The Morgan fingerprint density at radius 2 is 1.85 bits per heavy atom. The number of anilines is 1. The summed E-state index contributed by atoms with van der Waals surface area (Å²) in [5, 5.41) is 5.60. The second-order valence-corrected chi connectivity index (χ2v) is 7.26. The van der Waals surface area contributed by atoms with Gasteiger partial charge in [0.05, 0.1) is 23.8 Å². The topological polar surface area (TPSA) is 50.3 Å². The molecule has 5 nitrogen and oxygen atoms in total. The minimum Gasteiger partial charge on any atom is -0.379 e. The van der Waals surface area contributed by atoms with Crippen LogP contribution in [-0.4, -0.2) is 54.3 Å². The van der Waals surface area contributed by atoms with E-state index in [0.717, 1.165) is 61.7 Å². The van der Waals surface area contributed by atoms with Gasteiger partial charge in [-0.25, -0.2) is 9.97 Å². The van der Waals surface area contributed by atoms with Crippen molar-refractivity contribution in [3.8, 4) is 11.4 Å². The number of hydrogen-bond donors (Lipinski definition) is 1. The maximum absolute atomic E-state index is 6.37. The third kappa shape index (κ3) is 4.33. The highest BCUT2D eigenvalue weighted by Gasteiger charge is 2.13. The molecule has 0 aliphatic carbocycles. The summed E-state index contributed by atoms with van der Waals surface area (Å²) in [5.41, 5.74) is 1.64. The van der Waals surface area contributed by atoms with Crippen molar-refractivity contribution in [1.82, 2.24) is 14.9 Å². The molecule has 0 unspecified atom stereocenters. The van der Waals surface area contributed by atoms with E-state index >= 15 is 0 Å². The third-order valence-corrected chi connectivity index (χ3v) is 5.15. The van der Waals surface area contributed by atoms with Crippen molar-refractivity contribution in [3.63, 3.8) is 0 Å². The molecule has 0 amide bonds. The van der Waals surface area contributed by atoms with Crippen molar-refractivity contribution >= 4 is 39.9 Å². The van der Waals surface area contributed by atoms with Crippen LogP contribution in [0, 0.1) is 0 Å². The van der Waals surface area contributed by atoms with Crippen molar-refractivity contribution in [1.29, 1.82) is 0 Å². The van der Waals surface area contributed by atoms with Gasteiger partial charge in [0.25, 0.3) is 0 Å². The fourth-order valence-corrected chi connectivity index (χ4v) is 3.65. The quantitative estimate of drug-likeness (QED) is 0.687. The number of ether oxygens (including phenoxy) is 1. The van der Waals surface area contributed by atoms with E-state index < -0.39 is 0 Å². The highest BCUT2D eigenvalue weighted by Crippen LogP contribution is 2.31. The first kappa shape index (κ1) is 18.4. The summed E-state index contributed by atoms with van der Waals surface area (Å²) in [4.78, 5) is 11.8. The lowest BCUT2D eigenvalue weighted by Gasteiger charge is -2.26. The molecule has 0 bridgehead atoms. The van der Waals surface area contributed by atoms with Crippen LogP contribution in [0.4, 0.5) is 5.82 Å². The lowest BCUT2D eigenvalue weighted by Crippen LogP contribution is -2.39. The average molecular weight is 403 g/mol. The average Bonchev–Trinajstić information content (AvgIpc) is 2.68. The van der Waals surface area contributed by atoms with E-state index in [9.17, 15) is 0 Å². The molecule has 0 spiro atoms. The summed E-state index contributed by atoms with van der Waals surface area (Å²) in [7, 11) is 0. The van der Waals surface area contributed by atoms with Crippen LogP contribution >= 0.6 is 23.2 Å². The molecule has 1 N–H and O–H groups in total. The highest BCUT2D eigenvalue weighted by molar-refractivity contribution is 6.36. The molecule has 1 aromatic heterocycles. The Labute approximate surface area is 168 Å². The SMILES string of the molecule is Clc1ccc(-c2nc(NCCN3CCOCC3)c3ccccc3n2)c(Cl)c1. The number of aromatic nitrogens is 2. The molecule has 3 aromatic rings. The molecule has 2 aromatic carbocycles. The monoisotopic (exact) mass is 402 g/mol. The van der Waals surface area contributed by atoms with E-state index in [1.165, 1.54) is 0 Å². The number of para-hydroxylation sites is 1. The second-order valence-electron chi connectivity index (χ2n) is 6.42. The van der Waals surface area contributed by atoms with Gasteiger partial charge >= 0.3 is 0 Å². The standard InChI is InChI=1S/C20H20Cl2N4O/c21-14-5-6-15(17(22)13-14)20-24-18-4-2-1-3-16(18)19(25-20)23-7-8-26-9-11-27-12-10-26/h1-6,13H,7-12H2,(H,23,24,25). The lowest BCUT2D eigenvalue weighted by molar-refractivity contribution is 0.0398. The van der Waals surface area contributed by atoms with E-state index in [4.69, 9.17) is 32.9 Å². The Hall–Kier alpha value is -1.92. The number of rotatable bonds is 5. The van der Waals surface area contributed by atoms with E-state index in [1.807, 2.05) is 30.3 Å². The second kappa shape index (κ2) is 8.40. The largest absolute Gasteiger partial charge is 0.379 e. The van der Waals surface area contributed by atoms with E-state index in [1.54, 1.807) is 12.1 Å². The van der Waals surface area contributed by atoms with Crippen molar-refractivity contribution in [2.45, 2.75) is 0 Å². The Morgan fingerprint density at radius 1 is 1.04 bits per heavy atom. The number of fused-ring (bicyclic) bond motifs is 1. The van der Waals surface area contributed by atoms with E-state index in [0.29, 0.717) is 15.9 Å². The summed E-state index contributed by atoms with van der Waals surface area (Å²) >= 11 is 12.4. The van der Waals surface area contributed by atoms with Gasteiger partial charge in [-0.1, -0.05) is 35.3 Å². The number of benzene rings is 2. The molecule has 27 heavy (non-hydrogen) atoms. The van der Waals surface area contributed by atoms with Crippen molar-refractivity contribution in [2.24, 2.45) is 0 Å². The van der Waals surface area contributed by atoms with Gasteiger partial charge < -0.3 is 10.1 Å². The van der Waals surface area contributed by atoms with Crippen LogP contribution in [-0.2, 0) is 4.74 Å². The molecule has 0 radical (unpaired) electrons. The van der Waals surface area contributed by atoms with Crippen molar-refractivity contribution in [2.75, 3.05) is 44.7 Å². The van der Waals surface area contributed by atoms with Crippen LogP contribution in [0.2, 0.25) is 10.0 Å². The summed E-state index contributed by atoms with van der Waals surface area (Å²) in [6, 6.07) is 13.3. The molecule has 140 valence electrons. The zero-order valence-corrected chi connectivity index (χ0v) is 16.3. The molecule has 0 saturated carbocycles. The predicted molar refractivity (Wildman–Crippen MR) is 111 cm³/mol. The van der Waals surface area contributed by atoms with Crippen LogP contribution in [0.15, 0.2) is 42.5 Å². The first-order chi connectivity index (χ1) is 13.2. The number of halogens is 2. The minimum atomic E-state index is 0.539. The first-order valence-corrected chi connectivity index (χ1v) is 9.72. The molecular formula is C20H20Cl2N4O. The summed E-state index contributed by atoms with van der Waals surface area (Å²) in [6.45, 7) is 5.29. The Kier molecular flexibility index (Phi) is 5.74. The van der Waals surface area contributed by atoms with Crippen LogP contribution < -0.4 is 5.32 Å². The molecule has 7 heteroatoms. The van der Waals surface area contributed by atoms with Gasteiger partial charge in [-0.2, -0.15) is 0 Å². The van der Waals surface area contributed by atoms with Gasteiger partial charge in [0.2, 0.25) is 0 Å². The maximum atomic E-state index is 6.37. The van der Waals surface area contributed by atoms with E-state index in [-0.39, 0.29) is 0 Å². The summed E-state index contributed by atoms with van der Waals surface area (Å²) in [6.07, 6.45) is 0. The fraction of sp³-hybridized carbons (Fsp3) is 0.300. The van der Waals surface area contributed by atoms with Crippen LogP contribution in [0.3, 0.4) is 0 Å². The first-order valence-electron chi connectivity index (χ1n) is 8.97. The Bertz CT molecular complexity index is 944. The fourth-order valence-electron chi connectivity index (χ4n) is 3.16. The van der Waals surface area contributed by atoms with Crippen LogP contribution in [0.1, 0.15) is 0 Å². The summed E-state index contributed by atoms with van der Waals surface area (Å²) < 4.78 is 5.40. The Morgan fingerprint density at radius 3 is 2.67 bits per heavy atom. The molecule has 1 saturated heterocycles. The number of hydrogen-bond acceptors (Lipinski definition) is 5. The smallest absolute Gasteiger partial charge is 0.163 e. The molecule has 4 rings (SSSR count). The maximum Gasteiger partial charge on any atom is 0.163 e. The Balaban J connectivity index is 1.62. The van der Waals surface area contributed by atoms with E-state index in [2.05, 4.69) is 15.2 Å². The lowest BCUT2D eigenvalue weighted by atomic mass is 10.2. The third-order valence-electron chi connectivity index (χ3n) is 4.60.